The molecule has 3 rings (SSSR count). The van der Waals surface area contributed by atoms with E-state index < -0.39 is 0 Å². The van der Waals surface area contributed by atoms with Crippen molar-refractivity contribution in [2.75, 3.05) is 0 Å². The number of amides is 2. The Kier molecular flexibility index (Phi) is 4.38. The average Bonchev–Trinajstić information content (AvgIpc) is 3.11. The zero-order chi connectivity index (χ0) is 14.8. The van der Waals surface area contributed by atoms with Gasteiger partial charge in [-0.1, -0.05) is 35.3 Å². The molecule has 1 aromatic carbocycles. The highest BCUT2D eigenvalue weighted by Crippen LogP contribution is 2.38. The Bertz CT molecular complexity index is 658. The SMILES string of the molecule is O=C(NCc1cccs1)NC1CCc2c1ccc(Cl)c2Cl. The van der Waals surface area contributed by atoms with Crippen LogP contribution in [0.3, 0.4) is 0 Å². The minimum absolute atomic E-state index is 0.00176. The van der Waals surface area contributed by atoms with Gasteiger partial charge in [0.25, 0.3) is 0 Å². The van der Waals surface area contributed by atoms with Crippen molar-refractivity contribution in [2.24, 2.45) is 0 Å². The molecular weight excluding hydrogens is 327 g/mol. The van der Waals surface area contributed by atoms with Gasteiger partial charge in [0.1, 0.15) is 0 Å². The molecule has 1 aliphatic carbocycles. The van der Waals surface area contributed by atoms with Crippen molar-refractivity contribution in [3.8, 4) is 0 Å². The number of hydrogen-bond donors (Lipinski definition) is 2. The molecule has 0 spiro atoms. The van der Waals surface area contributed by atoms with Gasteiger partial charge in [0.05, 0.1) is 22.6 Å². The van der Waals surface area contributed by atoms with Gasteiger partial charge in [-0.25, -0.2) is 4.79 Å². The lowest BCUT2D eigenvalue weighted by atomic mass is 10.1. The van der Waals surface area contributed by atoms with E-state index in [1.54, 1.807) is 17.4 Å². The van der Waals surface area contributed by atoms with E-state index in [4.69, 9.17) is 23.2 Å². The number of halogens is 2. The molecule has 0 aliphatic heterocycles. The molecular formula is C15H14Cl2N2OS. The molecule has 3 nitrogen and oxygen atoms in total. The summed E-state index contributed by atoms with van der Waals surface area (Å²) < 4.78 is 0. The number of hydrogen-bond acceptors (Lipinski definition) is 2. The lowest BCUT2D eigenvalue weighted by molar-refractivity contribution is 0.236. The van der Waals surface area contributed by atoms with E-state index in [-0.39, 0.29) is 12.1 Å². The first-order valence-corrected chi connectivity index (χ1v) is 8.32. The molecule has 2 N–H and O–H groups in total. The van der Waals surface area contributed by atoms with Crippen molar-refractivity contribution in [1.29, 1.82) is 0 Å². The molecule has 2 aromatic rings. The number of benzene rings is 1. The summed E-state index contributed by atoms with van der Waals surface area (Å²) in [5.41, 5.74) is 2.11. The first kappa shape index (κ1) is 14.7. The second kappa shape index (κ2) is 6.26. The third kappa shape index (κ3) is 3.18. The number of urea groups is 1. The highest BCUT2D eigenvalue weighted by Gasteiger charge is 2.26. The van der Waals surface area contributed by atoms with Gasteiger partial charge in [-0.3, -0.25) is 0 Å². The summed E-state index contributed by atoms with van der Waals surface area (Å²) in [6.07, 6.45) is 1.69. The van der Waals surface area contributed by atoms with E-state index in [0.717, 1.165) is 28.8 Å². The van der Waals surface area contributed by atoms with E-state index >= 15 is 0 Å². The largest absolute Gasteiger partial charge is 0.333 e. The summed E-state index contributed by atoms with van der Waals surface area (Å²) in [5, 5.41) is 9.04. The van der Waals surface area contributed by atoms with Crippen molar-refractivity contribution in [3.05, 3.63) is 55.7 Å². The Morgan fingerprint density at radius 2 is 2.19 bits per heavy atom. The van der Waals surface area contributed by atoms with Gasteiger partial charge in [0.15, 0.2) is 0 Å². The lowest BCUT2D eigenvalue weighted by Crippen LogP contribution is -2.36. The summed E-state index contributed by atoms with van der Waals surface area (Å²) >= 11 is 13.9. The quantitative estimate of drug-likeness (QED) is 0.845. The van der Waals surface area contributed by atoms with Crippen LogP contribution in [0.1, 0.15) is 28.5 Å². The molecule has 0 fully saturated rings. The van der Waals surface area contributed by atoms with Crippen LogP contribution in [0.2, 0.25) is 10.0 Å². The predicted molar refractivity (Wildman–Crippen MR) is 87.2 cm³/mol. The Morgan fingerprint density at radius 1 is 1.33 bits per heavy atom. The number of carbonyl (C=O) groups is 1. The van der Waals surface area contributed by atoms with Crippen LogP contribution in [0.25, 0.3) is 0 Å². The van der Waals surface area contributed by atoms with Crippen molar-refractivity contribution < 1.29 is 4.79 Å². The number of thiophene rings is 1. The summed E-state index contributed by atoms with van der Waals surface area (Å²) in [4.78, 5) is 13.1. The minimum Gasteiger partial charge on any atom is -0.333 e. The molecule has 1 aliphatic rings. The molecule has 0 saturated carbocycles. The molecule has 6 heteroatoms. The standard InChI is InChI=1S/C15H14Cl2N2OS/c16-12-5-3-10-11(14(12)17)4-6-13(10)19-15(20)18-8-9-2-1-7-21-9/h1-3,5,7,13H,4,6,8H2,(H2,18,19,20). The Labute approximate surface area is 137 Å². The van der Waals surface area contributed by atoms with Gasteiger partial charge < -0.3 is 10.6 Å². The zero-order valence-corrected chi connectivity index (χ0v) is 13.5. The van der Waals surface area contributed by atoms with Crippen molar-refractivity contribution in [2.45, 2.75) is 25.4 Å². The number of carbonyl (C=O) groups excluding carboxylic acids is 1. The van der Waals surface area contributed by atoms with Gasteiger partial charge in [-0.2, -0.15) is 0 Å². The van der Waals surface area contributed by atoms with Crippen LogP contribution in [0, 0.1) is 0 Å². The van der Waals surface area contributed by atoms with Crippen LogP contribution >= 0.6 is 34.5 Å². The molecule has 21 heavy (non-hydrogen) atoms. The number of nitrogens with one attached hydrogen (secondary N) is 2. The van der Waals surface area contributed by atoms with Crippen LogP contribution in [-0.2, 0) is 13.0 Å². The molecule has 2 amide bonds. The molecule has 0 bridgehead atoms. The number of rotatable bonds is 3. The van der Waals surface area contributed by atoms with E-state index in [1.165, 1.54) is 0 Å². The van der Waals surface area contributed by atoms with Crippen LogP contribution < -0.4 is 10.6 Å². The first-order valence-electron chi connectivity index (χ1n) is 6.68. The second-order valence-electron chi connectivity index (χ2n) is 4.93. The maximum Gasteiger partial charge on any atom is 0.315 e. The van der Waals surface area contributed by atoms with E-state index in [9.17, 15) is 4.79 Å². The highest BCUT2D eigenvalue weighted by atomic mass is 35.5. The fourth-order valence-electron chi connectivity index (χ4n) is 2.57. The van der Waals surface area contributed by atoms with Crippen LogP contribution in [0.4, 0.5) is 4.79 Å². The van der Waals surface area contributed by atoms with Crippen LogP contribution in [0.5, 0.6) is 0 Å². The molecule has 1 atom stereocenters. The molecule has 1 unspecified atom stereocenters. The zero-order valence-electron chi connectivity index (χ0n) is 11.2. The topological polar surface area (TPSA) is 41.1 Å². The molecule has 0 saturated heterocycles. The molecule has 0 radical (unpaired) electrons. The summed E-state index contributed by atoms with van der Waals surface area (Å²) in [6.45, 7) is 0.546. The molecule has 1 aromatic heterocycles. The summed E-state index contributed by atoms with van der Waals surface area (Å²) in [7, 11) is 0. The van der Waals surface area contributed by atoms with Gasteiger partial charge in [0, 0.05) is 4.88 Å². The average molecular weight is 341 g/mol. The van der Waals surface area contributed by atoms with E-state index in [2.05, 4.69) is 10.6 Å². The Balaban J connectivity index is 1.62. The fraction of sp³-hybridized carbons (Fsp3) is 0.267. The van der Waals surface area contributed by atoms with Crippen molar-refractivity contribution in [3.63, 3.8) is 0 Å². The highest BCUT2D eigenvalue weighted by molar-refractivity contribution is 7.09. The maximum absolute atomic E-state index is 12.0. The third-order valence-corrected chi connectivity index (χ3v) is 5.32. The second-order valence-corrected chi connectivity index (χ2v) is 6.74. The number of fused-ring (bicyclic) bond motifs is 1. The predicted octanol–water partition coefficient (Wildman–Crippen LogP) is 4.54. The van der Waals surface area contributed by atoms with Crippen molar-refractivity contribution in [1.82, 2.24) is 10.6 Å². The van der Waals surface area contributed by atoms with Gasteiger partial charge in [0.2, 0.25) is 0 Å². The first-order chi connectivity index (χ1) is 10.1. The van der Waals surface area contributed by atoms with Crippen LogP contribution in [-0.4, -0.2) is 6.03 Å². The smallest absolute Gasteiger partial charge is 0.315 e. The molecule has 1 heterocycles. The van der Waals surface area contributed by atoms with E-state index in [0.29, 0.717) is 16.6 Å². The normalized spacial score (nSPS) is 16.6. The van der Waals surface area contributed by atoms with Gasteiger partial charge in [-0.15, -0.1) is 11.3 Å². The summed E-state index contributed by atoms with van der Waals surface area (Å²) in [6, 6.07) is 7.54. The maximum atomic E-state index is 12.0. The minimum atomic E-state index is -0.160. The monoisotopic (exact) mass is 340 g/mol. The van der Waals surface area contributed by atoms with Gasteiger partial charge in [-0.05, 0) is 41.5 Å². The Hall–Kier alpha value is -1.23. The third-order valence-electron chi connectivity index (χ3n) is 3.60. The van der Waals surface area contributed by atoms with E-state index in [1.807, 2.05) is 23.6 Å². The van der Waals surface area contributed by atoms with Gasteiger partial charge >= 0.3 is 6.03 Å². The van der Waals surface area contributed by atoms with Crippen LogP contribution in [0.15, 0.2) is 29.6 Å². The fourth-order valence-corrected chi connectivity index (χ4v) is 3.66. The van der Waals surface area contributed by atoms with Crippen molar-refractivity contribution >= 4 is 40.6 Å². The Morgan fingerprint density at radius 3 is 2.95 bits per heavy atom. The summed E-state index contributed by atoms with van der Waals surface area (Å²) in [5.74, 6) is 0. The lowest BCUT2D eigenvalue weighted by Gasteiger charge is -2.15. The molecule has 110 valence electrons.